The highest BCUT2D eigenvalue weighted by Crippen LogP contribution is 2.22. The van der Waals surface area contributed by atoms with Crippen molar-refractivity contribution >= 4 is 5.97 Å². The minimum absolute atomic E-state index is 0.216. The van der Waals surface area contributed by atoms with Gasteiger partial charge in [0.1, 0.15) is 0 Å². The zero-order valence-electron chi connectivity index (χ0n) is 16.7. The van der Waals surface area contributed by atoms with Crippen LogP contribution in [0.4, 0.5) is 13.2 Å². The van der Waals surface area contributed by atoms with Crippen LogP contribution in [0.2, 0.25) is 0 Å². The lowest BCUT2D eigenvalue weighted by molar-refractivity contribution is -0.192. The van der Waals surface area contributed by atoms with Gasteiger partial charge in [-0.1, -0.05) is 36.4 Å². The molecule has 0 amide bonds. The Labute approximate surface area is 176 Å². The summed E-state index contributed by atoms with van der Waals surface area (Å²) in [6, 6.07) is 15.2. The molecule has 31 heavy (non-hydrogen) atoms. The number of hydrogen-bond acceptors (Lipinski definition) is 5. The molecule has 2 heterocycles. The van der Waals surface area contributed by atoms with Gasteiger partial charge in [-0.25, -0.2) is 4.79 Å². The fraction of sp³-hybridized carbons (Fsp3) is 0.333. The molecule has 0 saturated heterocycles. The highest BCUT2D eigenvalue weighted by Gasteiger charge is 2.38. The minimum Gasteiger partial charge on any atom is -0.475 e. The number of aromatic nitrogens is 4. The van der Waals surface area contributed by atoms with Crippen LogP contribution in [-0.2, 0) is 17.6 Å². The summed E-state index contributed by atoms with van der Waals surface area (Å²) < 4.78 is 31.7. The molecule has 2 atom stereocenters. The second kappa shape index (κ2) is 9.69. The van der Waals surface area contributed by atoms with E-state index in [2.05, 4.69) is 69.0 Å². The number of halogens is 3. The number of nitrogens with one attached hydrogen (secondary N) is 2. The molecule has 3 aromatic rings. The van der Waals surface area contributed by atoms with Gasteiger partial charge in [-0.2, -0.15) is 28.6 Å². The van der Waals surface area contributed by atoms with E-state index in [1.807, 2.05) is 12.3 Å². The van der Waals surface area contributed by atoms with E-state index in [9.17, 15) is 13.2 Å². The van der Waals surface area contributed by atoms with Gasteiger partial charge in [-0.15, -0.1) is 0 Å². The molecule has 0 saturated carbocycles. The predicted octanol–water partition coefficient (Wildman–Crippen LogP) is 3.71. The van der Waals surface area contributed by atoms with Crippen molar-refractivity contribution in [3.05, 3.63) is 65.7 Å². The van der Waals surface area contributed by atoms with Crippen molar-refractivity contribution in [3.8, 4) is 11.1 Å². The number of alkyl halides is 3. The number of aliphatic carboxylic acids is 1. The monoisotopic (exact) mass is 433 g/mol. The average Bonchev–Trinajstić information content (AvgIpc) is 3.22. The second-order valence-electron chi connectivity index (χ2n) is 7.19. The molecular formula is C21H22F3N5O2. The summed E-state index contributed by atoms with van der Waals surface area (Å²) in [5, 5.41) is 22.0. The van der Waals surface area contributed by atoms with Gasteiger partial charge in [-0.3, -0.25) is 4.98 Å². The van der Waals surface area contributed by atoms with Gasteiger partial charge in [0.25, 0.3) is 0 Å². The number of benzene rings is 1. The van der Waals surface area contributed by atoms with Crippen molar-refractivity contribution in [3.63, 3.8) is 0 Å². The van der Waals surface area contributed by atoms with Gasteiger partial charge in [0, 0.05) is 30.3 Å². The first-order valence-electron chi connectivity index (χ1n) is 9.70. The minimum atomic E-state index is -5.08. The third-order valence-corrected chi connectivity index (χ3v) is 4.94. The molecule has 1 aliphatic carbocycles. The molecule has 0 radical (unpaired) electrons. The van der Waals surface area contributed by atoms with Gasteiger partial charge >= 0.3 is 12.1 Å². The number of pyridine rings is 1. The van der Waals surface area contributed by atoms with Crippen LogP contribution in [0.25, 0.3) is 11.1 Å². The average molecular weight is 433 g/mol. The lowest BCUT2D eigenvalue weighted by atomic mass is 9.95. The van der Waals surface area contributed by atoms with E-state index in [1.165, 1.54) is 5.56 Å². The topological polar surface area (TPSA) is 104 Å². The van der Waals surface area contributed by atoms with E-state index < -0.39 is 12.1 Å². The Bertz CT molecular complexity index is 990. The smallest absolute Gasteiger partial charge is 0.475 e. The number of H-pyrrole nitrogens is 1. The standard InChI is InChI=1S/C19H21N5.C2HF3O2/c1-13(21-16-8-10-18-19(11-16)23-24-22-18)17-9-7-15(12-20-17)14-5-3-2-4-6-14;3-2(4,5)1(6)7/h2-7,9,12-13,16,21H,8,10-11H2,1H3,(H,22,23,24);(H,6,7). The van der Waals surface area contributed by atoms with Crippen LogP contribution >= 0.6 is 0 Å². The number of nitrogens with zero attached hydrogens (tertiary/aromatic N) is 3. The predicted molar refractivity (Wildman–Crippen MR) is 107 cm³/mol. The molecule has 164 valence electrons. The SMILES string of the molecule is CC(NC1CCc2n[nH]nc2C1)c1ccc(-c2ccccc2)cn1.O=C(O)C(F)(F)F. The van der Waals surface area contributed by atoms with Crippen molar-refractivity contribution in [1.29, 1.82) is 0 Å². The summed E-state index contributed by atoms with van der Waals surface area (Å²) in [6.07, 6.45) is -0.125. The number of carbonyl (C=O) groups is 1. The normalized spacial score (nSPS) is 16.6. The molecule has 2 aromatic heterocycles. The lowest BCUT2D eigenvalue weighted by Crippen LogP contribution is -2.36. The molecule has 0 spiro atoms. The Hall–Kier alpha value is -3.27. The van der Waals surface area contributed by atoms with Crippen LogP contribution in [0, 0.1) is 0 Å². The van der Waals surface area contributed by atoms with Gasteiger partial charge < -0.3 is 10.4 Å². The van der Waals surface area contributed by atoms with Crippen LogP contribution < -0.4 is 5.32 Å². The molecule has 10 heteroatoms. The van der Waals surface area contributed by atoms with Gasteiger partial charge in [0.05, 0.1) is 17.1 Å². The molecule has 1 aliphatic rings. The van der Waals surface area contributed by atoms with Crippen molar-refractivity contribution in [2.75, 3.05) is 0 Å². The summed E-state index contributed by atoms with van der Waals surface area (Å²) in [5.41, 5.74) is 5.63. The van der Waals surface area contributed by atoms with Gasteiger partial charge in [0.15, 0.2) is 0 Å². The number of carboxylic acid groups (broad SMARTS) is 1. The maximum atomic E-state index is 10.6. The third-order valence-electron chi connectivity index (χ3n) is 4.94. The van der Waals surface area contributed by atoms with Gasteiger partial charge in [0.2, 0.25) is 0 Å². The van der Waals surface area contributed by atoms with Crippen LogP contribution in [-0.4, -0.2) is 43.7 Å². The summed E-state index contributed by atoms with van der Waals surface area (Å²) >= 11 is 0. The number of aryl methyl sites for hydroxylation is 1. The Morgan fingerprint density at radius 2 is 1.81 bits per heavy atom. The molecule has 7 nitrogen and oxygen atoms in total. The number of rotatable bonds is 4. The van der Waals surface area contributed by atoms with Crippen molar-refractivity contribution < 1.29 is 23.1 Å². The zero-order chi connectivity index (χ0) is 22.4. The van der Waals surface area contributed by atoms with E-state index in [-0.39, 0.29) is 6.04 Å². The molecular weight excluding hydrogens is 411 g/mol. The fourth-order valence-corrected chi connectivity index (χ4v) is 3.33. The first-order chi connectivity index (χ1) is 14.7. The van der Waals surface area contributed by atoms with Crippen LogP contribution in [0.1, 0.15) is 36.5 Å². The van der Waals surface area contributed by atoms with Crippen LogP contribution in [0.3, 0.4) is 0 Å². The fourth-order valence-electron chi connectivity index (χ4n) is 3.33. The van der Waals surface area contributed by atoms with Gasteiger partial charge in [-0.05, 0) is 31.4 Å². The van der Waals surface area contributed by atoms with Crippen molar-refractivity contribution in [2.24, 2.45) is 0 Å². The Morgan fingerprint density at radius 3 is 2.42 bits per heavy atom. The Kier molecular flexibility index (Phi) is 7.01. The molecule has 4 rings (SSSR count). The van der Waals surface area contributed by atoms with E-state index in [1.54, 1.807) is 0 Å². The number of hydrogen-bond donors (Lipinski definition) is 3. The van der Waals surface area contributed by atoms with E-state index in [4.69, 9.17) is 9.90 Å². The Morgan fingerprint density at radius 1 is 1.13 bits per heavy atom. The number of aromatic amines is 1. The summed E-state index contributed by atoms with van der Waals surface area (Å²) in [7, 11) is 0. The maximum absolute atomic E-state index is 10.6. The third kappa shape index (κ3) is 6.11. The van der Waals surface area contributed by atoms with Crippen molar-refractivity contribution in [2.45, 2.75) is 44.4 Å². The molecule has 0 bridgehead atoms. The molecule has 3 N–H and O–H groups in total. The summed E-state index contributed by atoms with van der Waals surface area (Å²) in [5.74, 6) is -2.76. The lowest BCUT2D eigenvalue weighted by Gasteiger charge is -2.25. The summed E-state index contributed by atoms with van der Waals surface area (Å²) in [4.78, 5) is 13.6. The van der Waals surface area contributed by atoms with Crippen molar-refractivity contribution in [1.82, 2.24) is 25.7 Å². The number of carboxylic acids is 1. The maximum Gasteiger partial charge on any atom is 0.490 e. The Balaban J connectivity index is 0.000000339. The molecule has 0 fully saturated rings. The molecule has 2 unspecified atom stereocenters. The largest absolute Gasteiger partial charge is 0.490 e. The van der Waals surface area contributed by atoms with E-state index in [0.29, 0.717) is 6.04 Å². The first-order valence-corrected chi connectivity index (χ1v) is 9.70. The highest BCUT2D eigenvalue weighted by molar-refractivity contribution is 5.73. The summed E-state index contributed by atoms with van der Waals surface area (Å²) in [6.45, 7) is 2.17. The molecule has 1 aromatic carbocycles. The zero-order valence-corrected chi connectivity index (χ0v) is 16.7. The highest BCUT2D eigenvalue weighted by atomic mass is 19.4. The molecule has 0 aliphatic heterocycles. The number of fused-ring (bicyclic) bond motifs is 1. The van der Waals surface area contributed by atoms with E-state index in [0.717, 1.165) is 41.9 Å². The van der Waals surface area contributed by atoms with E-state index >= 15 is 0 Å². The quantitative estimate of drug-likeness (QED) is 0.580. The first kappa shape index (κ1) is 22.4. The van der Waals surface area contributed by atoms with Crippen LogP contribution in [0.15, 0.2) is 48.7 Å². The second-order valence-corrected chi connectivity index (χ2v) is 7.19. The van der Waals surface area contributed by atoms with Crippen LogP contribution in [0.5, 0.6) is 0 Å².